The van der Waals surface area contributed by atoms with Crippen molar-refractivity contribution in [3.05, 3.63) is 26.6 Å². The Hall–Kier alpha value is -1.47. The van der Waals surface area contributed by atoms with Gasteiger partial charge in [-0.05, 0) is 44.4 Å². The van der Waals surface area contributed by atoms with E-state index in [9.17, 15) is 9.59 Å². The highest BCUT2D eigenvalue weighted by Crippen LogP contribution is 2.13. The van der Waals surface area contributed by atoms with Crippen molar-refractivity contribution in [2.45, 2.75) is 32.9 Å². The predicted octanol–water partition coefficient (Wildman–Crippen LogP) is 2.04. The number of carbonyl (C=O) groups excluding carboxylic acids is 1. The molecule has 2 aromatic rings. The molecule has 2 N–H and O–H groups in total. The Balaban J connectivity index is 2.38. The number of rotatable bonds is 2. The summed E-state index contributed by atoms with van der Waals surface area (Å²) in [6.45, 7) is 5.59. The van der Waals surface area contributed by atoms with Gasteiger partial charge >= 0.3 is 0 Å². The van der Waals surface area contributed by atoms with Gasteiger partial charge in [-0.25, -0.2) is 0 Å². The van der Waals surface area contributed by atoms with Gasteiger partial charge < -0.3 is 10.3 Å². The Kier molecular flexibility index (Phi) is 3.60. The number of hydrogen-bond donors (Lipinski definition) is 2. The van der Waals surface area contributed by atoms with E-state index >= 15 is 0 Å². The second-order valence-corrected chi connectivity index (χ2v) is 6.59. The Bertz CT molecular complexity index is 734. The van der Waals surface area contributed by atoms with Crippen LogP contribution >= 0.6 is 23.6 Å². The smallest absolute Gasteiger partial charge is 0.272 e. The summed E-state index contributed by atoms with van der Waals surface area (Å²) in [6, 6.07) is 1.80. The highest BCUT2D eigenvalue weighted by atomic mass is 32.1. The number of amides is 1. The molecule has 2 aromatic heterocycles. The number of aromatic amines is 1. The highest BCUT2D eigenvalue weighted by Gasteiger charge is 2.16. The third-order valence-electron chi connectivity index (χ3n) is 2.41. The molecule has 0 aliphatic carbocycles. The van der Waals surface area contributed by atoms with E-state index in [0.717, 1.165) is 0 Å². The van der Waals surface area contributed by atoms with Crippen LogP contribution in [0, 0.1) is 4.77 Å². The van der Waals surface area contributed by atoms with Crippen LogP contribution in [0.1, 0.15) is 20.8 Å². The van der Waals surface area contributed by atoms with Gasteiger partial charge in [0.25, 0.3) is 5.56 Å². The summed E-state index contributed by atoms with van der Waals surface area (Å²) in [5.74, 6) is -0.231. The molecule has 0 saturated carbocycles. The molecule has 0 saturated heterocycles. The molecule has 0 spiro atoms. The molecule has 1 amide bonds. The lowest BCUT2D eigenvalue weighted by Crippen LogP contribution is -2.43. The fourth-order valence-electron chi connectivity index (χ4n) is 1.72. The molecule has 2 rings (SSSR count). The zero-order valence-corrected chi connectivity index (χ0v) is 12.6. The van der Waals surface area contributed by atoms with Crippen LogP contribution in [0.2, 0.25) is 0 Å². The molecule has 5 nitrogen and oxygen atoms in total. The lowest BCUT2D eigenvalue weighted by Gasteiger charge is -2.20. The molecule has 0 bridgehead atoms. The van der Waals surface area contributed by atoms with Gasteiger partial charge in [-0.2, -0.15) is 0 Å². The van der Waals surface area contributed by atoms with Crippen molar-refractivity contribution in [3.63, 3.8) is 0 Å². The molecule has 0 unspecified atom stereocenters. The summed E-state index contributed by atoms with van der Waals surface area (Å²) < 4.78 is 2.13. The Morgan fingerprint density at radius 3 is 2.84 bits per heavy atom. The van der Waals surface area contributed by atoms with E-state index in [1.54, 1.807) is 6.07 Å². The van der Waals surface area contributed by atoms with E-state index in [0.29, 0.717) is 10.2 Å². The van der Waals surface area contributed by atoms with Crippen molar-refractivity contribution in [3.8, 4) is 0 Å². The van der Waals surface area contributed by atoms with Crippen molar-refractivity contribution in [1.29, 1.82) is 0 Å². The first-order valence-corrected chi connectivity index (χ1v) is 7.08. The molecule has 0 atom stereocenters. The minimum absolute atomic E-state index is 0.0702. The number of fused-ring (bicyclic) bond motifs is 1. The van der Waals surface area contributed by atoms with E-state index in [-0.39, 0.29) is 28.3 Å². The van der Waals surface area contributed by atoms with E-state index in [1.807, 2.05) is 26.2 Å². The van der Waals surface area contributed by atoms with Gasteiger partial charge in [0.15, 0.2) is 4.77 Å². The standard InChI is InChI=1S/C12H15N3O2S2/c1-12(2,3)14-8(16)6-15-10(17)9-7(4-5-19-9)13-11(15)18/h4-5H,6H2,1-3H3,(H,13,18)(H,14,16). The Morgan fingerprint density at radius 2 is 2.21 bits per heavy atom. The number of H-pyrrole nitrogens is 1. The third-order valence-corrected chi connectivity index (χ3v) is 3.63. The van der Waals surface area contributed by atoms with Crippen molar-refractivity contribution in [1.82, 2.24) is 14.9 Å². The highest BCUT2D eigenvalue weighted by molar-refractivity contribution is 7.71. The Labute approximate surface area is 119 Å². The normalized spacial score (nSPS) is 11.7. The van der Waals surface area contributed by atoms with E-state index in [1.165, 1.54) is 15.9 Å². The van der Waals surface area contributed by atoms with Crippen molar-refractivity contribution in [2.75, 3.05) is 0 Å². The van der Waals surface area contributed by atoms with E-state index in [4.69, 9.17) is 12.2 Å². The van der Waals surface area contributed by atoms with Gasteiger partial charge in [0.05, 0.1) is 5.52 Å². The lowest BCUT2D eigenvalue weighted by molar-refractivity contribution is -0.123. The molecule has 7 heteroatoms. The summed E-state index contributed by atoms with van der Waals surface area (Å²) in [7, 11) is 0. The average Bonchev–Trinajstić information content (AvgIpc) is 2.69. The Morgan fingerprint density at radius 1 is 1.53 bits per heavy atom. The van der Waals surface area contributed by atoms with Gasteiger partial charge in [0.1, 0.15) is 11.2 Å². The molecule has 0 fully saturated rings. The molecule has 102 valence electrons. The molecular formula is C12H15N3O2S2. The molecule has 0 aliphatic heterocycles. The fraction of sp³-hybridized carbons (Fsp3) is 0.417. The fourth-order valence-corrected chi connectivity index (χ4v) is 2.77. The summed E-state index contributed by atoms with van der Waals surface area (Å²) in [5, 5.41) is 4.62. The summed E-state index contributed by atoms with van der Waals surface area (Å²) >= 11 is 6.46. The lowest BCUT2D eigenvalue weighted by atomic mass is 10.1. The van der Waals surface area contributed by atoms with Crippen LogP contribution < -0.4 is 10.9 Å². The average molecular weight is 297 g/mol. The first kappa shape index (κ1) is 14.0. The second kappa shape index (κ2) is 4.90. The first-order valence-electron chi connectivity index (χ1n) is 5.79. The van der Waals surface area contributed by atoms with Crippen LogP contribution in [-0.2, 0) is 11.3 Å². The van der Waals surface area contributed by atoms with Crippen LogP contribution in [0.4, 0.5) is 0 Å². The topological polar surface area (TPSA) is 66.9 Å². The maximum Gasteiger partial charge on any atom is 0.272 e. The maximum atomic E-state index is 12.2. The van der Waals surface area contributed by atoms with Crippen LogP contribution in [0.5, 0.6) is 0 Å². The molecule has 0 radical (unpaired) electrons. The minimum Gasteiger partial charge on any atom is -0.350 e. The summed E-state index contributed by atoms with van der Waals surface area (Å²) in [4.78, 5) is 27.1. The van der Waals surface area contributed by atoms with Crippen LogP contribution in [0.25, 0.3) is 10.2 Å². The monoisotopic (exact) mass is 297 g/mol. The van der Waals surface area contributed by atoms with Gasteiger partial charge in [0, 0.05) is 5.54 Å². The first-order chi connectivity index (χ1) is 8.78. The van der Waals surface area contributed by atoms with Crippen LogP contribution in [-0.4, -0.2) is 21.0 Å². The zero-order chi connectivity index (χ0) is 14.2. The maximum absolute atomic E-state index is 12.2. The van der Waals surface area contributed by atoms with Gasteiger partial charge in [0.2, 0.25) is 5.91 Å². The number of hydrogen-bond acceptors (Lipinski definition) is 4. The number of nitrogens with zero attached hydrogens (tertiary/aromatic N) is 1. The quantitative estimate of drug-likeness (QED) is 0.834. The molecular weight excluding hydrogens is 282 g/mol. The van der Waals surface area contributed by atoms with Crippen LogP contribution in [0.3, 0.4) is 0 Å². The number of nitrogens with one attached hydrogen (secondary N) is 2. The van der Waals surface area contributed by atoms with E-state index < -0.39 is 0 Å². The van der Waals surface area contributed by atoms with Crippen molar-refractivity contribution >= 4 is 39.7 Å². The van der Waals surface area contributed by atoms with Gasteiger partial charge in [-0.1, -0.05) is 0 Å². The molecule has 2 heterocycles. The van der Waals surface area contributed by atoms with Crippen LogP contribution in [0.15, 0.2) is 16.2 Å². The largest absolute Gasteiger partial charge is 0.350 e. The zero-order valence-electron chi connectivity index (χ0n) is 10.9. The molecule has 0 aromatic carbocycles. The summed E-state index contributed by atoms with van der Waals surface area (Å²) in [6.07, 6.45) is 0. The molecule has 19 heavy (non-hydrogen) atoms. The van der Waals surface area contributed by atoms with E-state index in [2.05, 4.69) is 10.3 Å². The third kappa shape index (κ3) is 3.10. The minimum atomic E-state index is -0.334. The van der Waals surface area contributed by atoms with Crippen molar-refractivity contribution < 1.29 is 4.79 Å². The van der Waals surface area contributed by atoms with Gasteiger partial charge in [-0.15, -0.1) is 11.3 Å². The second-order valence-electron chi connectivity index (χ2n) is 5.28. The summed E-state index contributed by atoms with van der Waals surface area (Å²) in [5.41, 5.74) is 0.157. The number of carbonyl (C=O) groups is 1. The number of aromatic nitrogens is 2. The van der Waals surface area contributed by atoms with Gasteiger partial charge in [-0.3, -0.25) is 14.2 Å². The van der Waals surface area contributed by atoms with Crippen molar-refractivity contribution in [2.24, 2.45) is 0 Å². The predicted molar refractivity (Wildman–Crippen MR) is 79.2 cm³/mol. The SMILES string of the molecule is CC(C)(C)NC(=O)Cn1c(=S)[nH]c2ccsc2c1=O. The number of thiophene rings is 1. The molecule has 0 aliphatic rings.